The van der Waals surface area contributed by atoms with Gasteiger partial charge in [-0.2, -0.15) is 19.3 Å². The molecule has 2 aromatic rings. The van der Waals surface area contributed by atoms with E-state index < -0.39 is 0 Å². The number of rotatable bonds is 4. The zero-order valence-electron chi connectivity index (χ0n) is 10.5. The van der Waals surface area contributed by atoms with E-state index in [1.807, 2.05) is 6.92 Å². The minimum absolute atomic E-state index is 0.178. The number of tetrazole rings is 1. The van der Waals surface area contributed by atoms with Crippen LogP contribution >= 0.6 is 15.9 Å². The third-order valence-electron chi connectivity index (χ3n) is 3.34. The molecule has 1 saturated carbocycles. The molecule has 1 aliphatic rings. The summed E-state index contributed by atoms with van der Waals surface area (Å²) in [5.74, 6) is 0. The van der Waals surface area contributed by atoms with Gasteiger partial charge in [0.2, 0.25) is 0 Å². The maximum atomic E-state index is 12.1. The summed E-state index contributed by atoms with van der Waals surface area (Å²) in [5, 5.41) is 16.3. The van der Waals surface area contributed by atoms with Crippen molar-refractivity contribution in [2.24, 2.45) is 0 Å². The van der Waals surface area contributed by atoms with E-state index in [0.717, 1.165) is 19.3 Å². The van der Waals surface area contributed by atoms with Gasteiger partial charge in [0.05, 0.1) is 19.1 Å². The Labute approximate surface area is 117 Å². The zero-order chi connectivity index (χ0) is 13.4. The largest absolute Gasteiger partial charge is 0.364 e. The second kappa shape index (κ2) is 4.87. The van der Waals surface area contributed by atoms with Crippen LogP contribution in [0.15, 0.2) is 9.40 Å². The van der Waals surface area contributed by atoms with Gasteiger partial charge in [-0.3, -0.25) is 0 Å². The summed E-state index contributed by atoms with van der Waals surface area (Å²) in [6, 6.07) is 0.219. The summed E-state index contributed by atoms with van der Waals surface area (Å²) in [4.78, 5) is 13.7. The van der Waals surface area contributed by atoms with E-state index in [0.29, 0.717) is 16.8 Å². The summed E-state index contributed by atoms with van der Waals surface area (Å²) in [6.07, 6.45) is 3.17. The molecule has 1 aliphatic carbocycles. The second-order valence-corrected chi connectivity index (χ2v) is 5.33. The maximum absolute atomic E-state index is 12.1. The topological polar surface area (TPSA) is 83.4 Å². The Bertz CT molecular complexity index is 639. The third kappa shape index (κ3) is 2.22. The molecule has 0 saturated heterocycles. The monoisotopic (exact) mass is 327 g/mol. The molecule has 0 aromatic carbocycles. The first kappa shape index (κ1) is 12.5. The Kier molecular flexibility index (Phi) is 3.21. The number of nitrogens with zero attached hydrogens (tertiary/aromatic N) is 7. The lowest BCUT2D eigenvalue weighted by Crippen LogP contribution is -2.31. The molecule has 0 unspecified atom stereocenters. The second-order valence-electron chi connectivity index (χ2n) is 4.57. The van der Waals surface area contributed by atoms with Gasteiger partial charge >= 0.3 is 5.69 Å². The molecule has 0 amide bonds. The predicted molar refractivity (Wildman–Crippen MR) is 69.7 cm³/mol. The van der Waals surface area contributed by atoms with Crippen molar-refractivity contribution in [2.75, 3.05) is 0 Å². The summed E-state index contributed by atoms with van der Waals surface area (Å²) in [7, 11) is 0. The number of aromatic nitrogens is 7. The van der Waals surface area contributed by atoms with Gasteiger partial charge in [-0.15, -0.1) is 5.10 Å². The highest BCUT2D eigenvalue weighted by atomic mass is 79.9. The van der Waals surface area contributed by atoms with Crippen LogP contribution in [-0.4, -0.2) is 34.8 Å². The van der Waals surface area contributed by atoms with Crippen molar-refractivity contribution in [3.63, 3.8) is 0 Å². The minimum Gasteiger partial charge on any atom is -0.244 e. The van der Waals surface area contributed by atoms with E-state index in [1.54, 1.807) is 4.80 Å². The Morgan fingerprint density at radius 2 is 2.11 bits per heavy atom. The summed E-state index contributed by atoms with van der Waals surface area (Å²) < 4.78 is 3.44. The molecule has 2 aromatic heterocycles. The summed E-state index contributed by atoms with van der Waals surface area (Å²) in [5.41, 5.74) is 0.507. The number of hydrogen-bond donors (Lipinski definition) is 0. The average molecular weight is 328 g/mol. The van der Waals surface area contributed by atoms with Gasteiger partial charge in [-0.05, 0) is 52.5 Å². The van der Waals surface area contributed by atoms with E-state index >= 15 is 0 Å². The molecule has 102 valence electrons. The van der Waals surface area contributed by atoms with Crippen LogP contribution in [0, 0.1) is 0 Å². The molecule has 19 heavy (non-hydrogen) atoms. The van der Waals surface area contributed by atoms with E-state index in [9.17, 15) is 4.79 Å². The first-order chi connectivity index (χ1) is 9.19. The Morgan fingerprint density at radius 3 is 2.68 bits per heavy atom. The number of halogens is 1. The molecule has 0 bridgehead atoms. The molecule has 0 spiro atoms. The van der Waals surface area contributed by atoms with E-state index in [1.165, 1.54) is 9.36 Å². The SMILES string of the molecule is CCn1nc(Br)c(Cn2nnn(C3CCC3)c2=O)n1. The van der Waals surface area contributed by atoms with Crippen LogP contribution in [0.2, 0.25) is 0 Å². The van der Waals surface area contributed by atoms with E-state index in [4.69, 9.17) is 0 Å². The molecule has 0 N–H and O–H groups in total. The molecule has 0 atom stereocenters. The number of hydrogen-bond acceptors (Lipinski definition) is 5. The zero-order valence-corrected chi connectivity index (χ0v) is 12.1. The summed E-state index contributed by atoms with van der Waals surface area (Å²) in [6.45, 7) is 2.92. The minimum atomic E-state index is -0.178. The molecule has 3 rings (SSSR count). The van der Waals surface area contributed by atoms with Crippen LogP contribution < -0.4 is 5.69 Å². The van der Waals surface area contributed by atoms with Crippen LogP contribution in [0.4, 0.5) is 0 Å². The first-order valence-electron chi connectivity index (χ1n) is 6.31. The lowest BCUT2D eigenvalue weighted by atomic mass is 9.93. The normalized spacial score (nSPS) is 15.7. The standard InChI is InChI=1S/C10H14BrN7O/c1-2-17-12-8(9(11)13-17)6-16-10(19)18(15-14-16)7-4-3-5-7/h7H,2-6H2,1H3. The first-order valence-corrected chi connectivity index (χ1v) is 7.10. The van der Waals surface area contributed by atoms with E-state index in [2.05, 4.69) is 36.6 Å². The molecule has 8 nitrogen and oxygen atoms in total. The quantitative estimate of drug-likeness (QED) is 0.820. The van der Waals surface area contributed by atoms with Gasteiger partial charge in [-0.25, -0.2) is 4.79 Å². The molecule has 0 aliphatic heterocycles. The van der Waals surface area contributed by atoms with Crippen LogP contribution in [0.3, 0.4) is 0 Å². The third-order valence-corrected chi connectivity index (χ3v) is 3.96. The Hall–Kier alpha value is -1.51. The smallest absolute Gasteiger partial charge is 0.244 e. The fraction of sp³-hybridized carbons (Fsp3) is 0.700. The molecule has 2 heterocycles. The molecule has 1 fully saturated rings. The molecule has 9 heteroatoms. The van der Waals surface area contributed by atoms with Crippen molar-refractivity contribution < 1.29 is 0 Å². The predicted octanol–water partition coefficient (Wildman–Crippen LogP) is 0.587. The van der Waals surface area contributed by atoms with Crippen LogP contribution in [0.1, 0.15) is 37.9 Å². The van der Waals surface area contributed by atoms with Crippen molar-refractivity contribution in [1.29, 1.82) is 0 Å². The van der Waals surface area contributed by atoms with Crippen LogP contribution in [0.5, 0.6) is 0 Å². The highest BCUT2D eigenvalue weighted by Gasteiger charge is 2.24. The van der Waals surface area contributed by atoms with Crippen molar-refractivity contribution in [2.45, 2.75) is 45.3 Å². The highest BCUT2D eigenvalue weighted by molar-refractivity contribution is 9.10. The molecular weight excluding hydrogens is 314 g/mol. The number of aryl methyl sites for hydroxylation is 1. The summed E-state index contributed by atoms with van der Waals surface area (Å²) >= 11 is 3.34. The van der Waals surface area contributed by atoms with E-state index in [-0.39, 0.29) is 18.3 Å². The van der Waals surface area contributed by atoms with Crippen molar-refractivity contribution in [3.8, 4) is 0 Å². The Morgan fingerprint density at radius 1 is 1.32 bits per heavy atom. The van der Waals surface area contributed by atoms with Gasteiger partial charge in [0, 0.05) is 0 Å². The van der Waals surface area contributed by atoms with Gasteiger partial charge in [0.15, 0.2) is 4.60 Å². The highest BCUT2D eigenvalue weighted by Crippen LogP contribution is 2.29. The van der Waals surface area contributed by atoms with Gasteiger partial charge in [-0.1, -0.05) is 0 Å². The fourth-order valence-corrected chi connectivity index (χ4v) is 2.38. The van der Waals surface area contributed by atoms with Gasteiger partial charge in [0.25, 0.3) is 0 Å². The van der Waals surface area contributed by atoms with Crippen molar-refractivity contribution in [1.82, 2.24) is 34.8 Å². The molecule has 0 radical (unpaired) electrons. The van der Waals surface area contributed by atoms with Gasteiger partial charge in [0.1, 0.15) is 5.69 Å². The lowest BCUT2D eigenvalue weighted by Gasteiger charge is -2.23. The average Bonchev–Trinajstić information content (AvgIpc) is 2.85. The van der Waals surface area contributed by atoms with Crippen LogP contribution in [0.25, 0.3) is 0 Å². The van der Waals surface area contributed by atoms with Gasteiger partial charge < -0.3 is 0 Å². The maximum Gasteiger partial charge on any atom is 0.364 e. The van der Waals surface area contributed by atoms with Crippen molar-refractivity contribution in [3.05, 3.63) is 20.8 Å². The van der Waals surface area contributed by atoms with Crippen LogP contribution in [-0.2, 0) is 13.1 Å². The molecular formula is C10H14BrN7O. The Balaban J connectivity index is 1.84. The lowest BCUT2D eigenvalue weighted by molar-refractivity contribution is 0.277. The van der Waals surface area contributed by atoms with Crippen molar-refractivity contribution >= 4 is 15.9 Å². The fourth-order valence-electron chi connectivity index (χ4n) is 1.99.